The van der Waals surface area contributed by atoms with Crippen molar-refractivity contribution in [3.63, 3.8) is 0 Å². The van der Waals surface area contributed by atoms with E-state index in [4.69, 9.17) is 58.3 Å². The highest BCUT2D eigenvalue weighted by Gasteiger charge is 2.33. The fourth-order valence-electron chi connectivity index (χ4n) is 5.26. The largest absolute Gasteiger partial charge is 0.459 e. The second-order valence-electron chi connectivity index (χ2n) is 17.7. The number of aliphatic imine (C=N–C) groups is 2. The number of esters is 10. The predicted octanol–water partition coefficient (Wildman–Crippen LogP) is 0.762. The first-order valence-corrected chi connectivity index (χ1v) is 26.9. The van der Waals surface area contributed by atoms with E-state index in [0.29, 0.717) is 39.0 Å². The van der Waals surface area contributed by atoms with Crippen molar-refractivity contribution in [1.29, 1.82) is 0 Å². The van der Waals surface area contributed by atoms with Crippen molar-refractivity contribution in [2.75, 3.05) is 65.8 Å². The number of nitrogens with zero attached hydrogens (tertiary/aromatic N) is 2. The summed E-state index contributed by atoms with van der Waals surface area (Å²) in [5.41, 5.74) is 0. The number of isocyanates is 2. The van der Waals surface area contributed by atoms with Crippen LogP contribution in [0.1, 0.15) is 135 Å². The van der Waals surface area contributed by atoms with Crippen molar-refractivity contribution in [2.45, 2.75) is 196 Å². The molecule has 0 saturated carbocycles. The third-order valence-corrected chi connectivity index (χ3v) is 9.97. The molecule has 1 rings (SSSR count). The number of aliphatic hydroxyl groups is 4. The highest BCUT2D eigenvalue weighted by atomic mass is 16.7. The van der Waals surface area contributed by atoms with Gasteiger partial charge in [-0.1, -0.05) is 40.5 Å². The average molecular weight is 1280 g/mol. The summed E-state index contributed by atoms with van der Waals surface area (Å²) in [6, 6.07) is 0. The first-order chi connectivity index (χ1) is 40.5. The molecule has 0 bridgehead atoms. The molecule has 506 valence electrons. The zero-order chi connectivity index (χ0) is 66.2. The standard InChI is InChI=1S/C30H46N4O14.C14H22O10.C6H8O4.C2H6O2.2CH4/c1-21(45-27(39)23(3)47-29(41)33-15-11-7-5-9-13-31-19-35)25(37)43-17-18-44-26(38)22(2)46-28(40)24(4)48-30(42)34-16-12-8-6-10-14-32-20-36;1-7(15)11(17)23-9(3)13(19)21-5-6-22-14(20)10(4)24-12(18)8(2)16;1-3-5(7)10-4(2)6(8)9-3;3-1-2-4;;/h21-24H,5-18H2,1-4H3,(H,33,41)(H,34,42);7-10,15-16H,5-6H2,1-4H3;3-4H,1-2H3;3-4H,1-2H2;2*1H4. The van der Waals surface area contributed by atoms with Gasteiger partial charge in [0.25, 0.3) is 0 Å². The number of cyclic esters (lactones) is 2. The lowest BCUT2D eigenvalue weighted by Crippen LogP contribution is -2.40. The van der Waals surface area contributed by atoms with Gasteiger partial charge >= 0.3 is 71.9 Å². The molecule has 0 radical (unpaired) electrons. The summed E-state index contributed by atoms with van der Waals surface area (Å²) >= 11 is 0. The number of aliphatic hydroxyl groups excluding tert-OH is 4. The Balaban J connectivity index is -0.000000470. The van der Waals surface area contributed by atoms with Gasteiger partial charge in [-0.2, -0.15) is 0 Å². The fraction of sp³-hybridized carbons (Fsp3) is 0.741. The van der Waals surface area contributed by atoms with E-state index in [1.165, 1.54) is 81.4 Å². The Kier molecular flexibility index (Phi) is 54.6. The molecule has 1 aliphatic heterocycles. The maximum atomic E-state index is 12.2. The summed E-state index contributed by atoms with van der Waals surface area (Å²) in [4.78, 5) is 166. The summed E-state index contributed by atoms with van der Waals surface area (Å²) in [5, 5.41) is 38.1. The van der Waals surface area contributed by atoms with Crippen molar-refractivity contribution in [3.05, 3.63) is 0 Å². The summed E-state index contributed by atoms with van der Waals surface area (Å²) in [5.74, 6) is -8.55. The molecular weight excluding hydrogens is 1180 g/mol. The number of hydrogen-bond acceptors (Lipinski definition) is 32. The number of unbranched alkanes of at least 4 members (excludes halogenated alkanes) is 6. The number of hydrogen-bond donors (Lipinski definition) is 6. The van der Waals surface area contributed by atoms with Gasteiger partial charge in [0, 0.05) is 13.1 Å². The summed E-state index contributed by atoms with van der Waals surface area (Å²) in [6.07, 6.45) is -4.81. The number of carbonyl (C=O) groups is 12. The molecule has 1 heterocycles. The van der Waals surface area contributed by atoms with Gasteiger partial charge in [0.1, 0.15) is 38.6 Å². The molecule has 10 atom stereocenters. The van der Waals surface area contributed by atoms with E-state index in [-0.39, 0.29) is 41.3 Å². The third-order valence-electron chi connectivity index (χ3n) is 9.97. The summed E-state index contributed by atoms with van der Waals surface area (Å²) < 4.78 is 57.4. The van der Waals surface area contributed by atoms with Crippen LogP contribution < -0.4 is 10.6 Å². The maximum absolute atomic E-state index is 12.2. The van der Waals surface area contributed by atoms with Crippen LogP contribution in [0.5, 0.6) is 0 Å². The molecule has 10 unspecified atom stereocenters. The molecule has 0 aromatic heterocycles. The van der Waals surface area contributed by atoms with E-state index < -0.39 is 146 Å². The normalized spacial score (nSPS) is 15.2. The molecule has 34 heteroatoms. The molecule has 88 heavy (non-hydrogen) atoms. The van der Waals surface area contributed by atoms with E-state index in [2.05, 4.69) is 39.6 Å². The van der Waals surface area contributed by atoms with Crippen LogP contribution in [0.2, 0.25) is 0 Å². The molecule has 2 amide bonds. The van der Waals surface area contributed by atoms with E-state index in [9.17, 15) is 67.1 Å². The Hall–Kier alpha value is -8.16. The predicted molar refractivity (Wildman–Crippen MR) is 299 cm³/mol. The average Bonchev–Trinajstić information content (AvgIpc) is 3.59. The number of alkyl carbamates (subject to hydrolysis) is 2. The molecule has 6 N–H and O–H groups in total. The number of rotatable bonds is 35. The van der Waals surface area contributed by atoms with Gasteiger partial charge in [0.15, 0.2) is 48.8 Å². The van der Waals surface area contributed by atoms with Crippen molar-refractivity contribution in [2.24, 2.45) is 9.98 Å². The number of amides is 2. The number of carbonyl (C=O) groups excluding carboxylic acids is 14. The Labute approximate surface area is 510 Å². The van der Waals surface area contributed by atoms with Crippen LogP contribution in [0.25, 0.3) is 0 Å². The quantitative estimate of drug-likeness (QED) is 0.0168. The van der Waals surface area contributed by atoms with Gasteiger partial charge < -0.3 is 87.9 Å². The summed E-state index contributed by atoms with van der Waals surface area (Å²) in [7, 11) is 0. The first kappa shape index (κ1) is 88.6. The fourth-order valence-corrected chi connectivity index (χ4v) is 5.26. The van der Waals surface area contributed by atoms with E-state index in [1.807, 2.05) is 0 Å². The minimum atomic E-state index is -1.37. The summed E-state index contributed by atoms with van der Waals surface area (Å²) in [6.45, 7) is 12.6. The SMILES string of the molecule is C.C.CC(O)C(=O)OC(C)C(=O)OCCOC(=O)C(C)OC(=O)C(C)O.CC(OC(=O)NCCCCCCN=C=O)C(=O)OC(C)C(=O)OCCOC(=O)C(C)OC(=O)C(C)OC(=O)NCCCCCCN=C=O.CC1OC(=O)C(C)OC1=O.OCCO. The van der Waals surface area contributed by atoms with Crippen molar-refractivity contribution >= 4 is 84.0 Å². The second-order valence-corrected chi connectivity index (χ2v) is 17.7. The van der Waals surface area contributed by atoms with Crippen LogP contribution in [0, 0.1) is 0 Å². The van der Waals surface area contributed by atoms with Crippen molar-refractivity contribution in [1.82, 2.24) is 10.6 Å². The van der Waals surface area contributed by atoms with Crippen LogP contribution in [0.3, 0.4) is 0 Å². The van der Waals surface area contributed by atoms with Crippen molar-refractivity contribution < 1.29 is 144 Å². The monoisotopic (exact) mass is 1270 g/mol. The van der Waals surface area contributed by atoms with Crippen LogP contribution in [-0.2, 0) is 114 Å². The molecule has 0 aromatic rings. The highest BCUT2D eigenvalue weighted by Crippen LogP contribution is 2.10. The molecule has 1 aliphatic rings. The molecule has 0 aromatic carbocycles. The number of nitrogens with one attached hydrogen (secondary N) is 2. The van der Waals surface area contributed by atoms with Gasteiger partial charge in [-0.3, -0.25) is 0 Å². The van der Waals surface area contributed by atoms with Gasteiger partial charge in [-0.05, 0) is 94.9 Å². The van der Waals surface area contributed by atoms with Gasteiger partial charge in [-0.15, -0.1) is 0 Å². The zero-order valence-electron chi connectivity index (χ0n) is 49.8. The zero-order valence-corrected chi connectivity index (χ0v) is 49.8. The Morgan fingerprint density at radius 2 is 0.682 bits per heavy atom. The van der Waals surface area contributed by atoms with E-state index in [0.717, 1.165) is 38.5 Å². The molecule has 34 nitrogen and oxygen atoms in total. The van der Waals surface area contributed by atoms with Gasteiger partial charge in [0.2, 0.25) is 12.2 Å². The molecular formula is C54H90N4O30. The molecule has 0 spiro atoms. The van der Waals surface area contributed by atoms with E-state index >= 15 is 0 Å². The molecule has 1 saturated heterocycles. The first-order valence-electron chi connectivity index (χ1n) is 26.9. The van der Waals surface area contributed by atoms with Crippen LogP contribution in [0.4, 0.5) is 9.59 Å². The van der Waals surface area contributed by atoms with Crippen LogP contribution in [-0.4, -0.2) is 231 Å². The van der Waals surface area contributed by atoms with Gasteiger partial charge in [0.05, 0.1) is 26.3 Å². The van der Waals surface area contributed by atoms with E-state index in [1.54, 1.807) is 0 Å². The Bertz CT molecular complexity index is 2050. The van der Waals surface area contributed by atoms with Gasteiger partial charge in [-0.25, -0.2) is 77.1 Å². The van der Waals surface area contributed by atoms with Crippen LogP contribution in [0.15, 0.2) is 9.98 Å². The van der Waals surface area contributed by atoms with Crippen molar-refractivity contribution in [3.8, 4) is 0 Å². The Morgan fingerprint density at radius 3 is 0.932 bits per heavy atom. The lowest BCUT2D eigenvalue weighted by atomic mass is 10.2. The lowest BCUT2D eigenvalue weighted by Gasteiger charge is -2.22. The molecule has 1 fully saturated rings. The lowest BCUT2D eigenvalue weighted by molar-refractivity contribution is -0.191. The minimum absolute atomic E-state index is 0. The topological polar surface area (TPSA) is 479 Å². The number of ether oxygens (including phenoxy) is 12. The smallest absolute Gasteiger partial charge is 0.407 e. The second kappa shape index (κ2) is 54.2. The highest BCUT2D eigenvalue weighted by molar-refractivity contribution is 5.87. The third kappa shape index (κ3) is 47.0. The Morgan fingerprint density at radius 1 is 0.432 bits per heavy atom. The minimum Gasteiger partial charge on any atom is -0.459 e. The molecule has 0 aliphatic carbocycles. The maximum Gasteiger partial charge on any atom is 0.407 e. The van der Waals surface area contributed by atoms with Crippen LogP contribution >= 0.6 is 0 Å².